The van der Waals surface area contributed by atoms with Crippen molar-refractivity contribution in [1.29, 1.82) is 0 Å². The van der Waals surface area contributed by atoms with Crippen LogP contribution >= 0.6 is 0 Å². The molecule has 1 heterocycles. The predicted octanol–water partition coefficient (Wildman–Crippen LogP) is 1.64. The van der Waals surface area contributed by atoms with Gasteiger partial charge in [0.15, 0.2) is 0 Å². The van der Waals surface area contributed by atoms with Gasteiger partial charge in [0.05, 0.1) is 0 Å². The number of halogens is 1. The van der Waals surface area contributed by atoms with Crippen LogP contribution in [0.25, 0.3) is 0 Å². The molecule has 68 valence electrons. The van der Waals surface area contributed by atoms with Gasteiger partial charge in [0.25, 0.3) is 0 Å². The van der Waals surface area contributed by atoms with E-state index in [1.807, 2.05) is 6.92 Å². The van der Waals surface area contributed by atoms with E-state index >= 15 is 0 Å². The molecule has 0 atom stereocenters. The van der Waals surface area contributed by atoms with Crippen LogP contribution in [0, 0.1) is 0 Å². The maximum absolute atomic E-state index is 12.1. The Morgan fingerprint density at radius 3 is 2.42 bits per heavy atom. The summed E-state index contributed by atoms with van der Waals surface area (Å²) in [4.78, 5) is 0. The fourth-order valence-corrected chi connectivity index (χ4v) is 1.35. The lowest BCUT2D eigenvalue weighted by Gasteiger charge is -1.90. The van der Waals surface area contributed by atoms with Gasteiger partial charge in [-0.05, 0) is 12.1 Å². The standard InChI is InChI=1S/C7H9FO3S/c1-2-6-3-4-7(11-6)5-12(8,9)10/h3-4H,2,5H2,1H3. The van der Waals surface area contributed by atoms with Crippen LogP contribution in [0.15, 0.2) is 16.5 Å². The zero-order chi connectivity index (χ0) is 9.19. The zero-order valence-electron chi connectivity index (χ0n) is 6.58. The quantitative estimate of drug-likeness (QED) is 0.684. The van der Waals surface area contributed by atoms with Gasteiger partial charge < -0.3 is 4.42 Å². The smallest absolute Gasteiger partial charge is 0.309 e. The Bertz CT molecular complexity index is 352. The summed E-state index contributed by atoms with van der Waals surface area (Å²) in [6.45, 7) is 1.87. The first kappa shape index (κ1) is 9.25. The average molecular weight is 192 g/mol. The van der Waals surface area contributed by atoms with Crippen molar-refractivity contribution in [2.45, 2.75) is 19.1 Å². The first-order valence-corrected chi connectivity index (χ1v) is 5.06. The topological polar surface area (TPSA) is 47.3 Å². The minimum absolute atomic E-state index is 0.148. The summed E-state index contributed by atoms with van der Waals surface area (Å²) < 4.78 is 37.4. The van der Waals surface area contributed by atoms with Crippen molar-refractivity contribution >= 4 is 10.2 Å². The van der Waals surface area contributed by atoms with E-state index in [0.29, 0.717) is 12.2 Å². The van der Waals surface area contributed by atoms with E-state index in [9.17, 15) is 12.3 Å². The largest absolute Gasteiger partial charge is 0.465 e. The lowest BCUT2D eigenvalue weighted by Crippen LogP contribution is -1.93. The lowest BCUT2D eigenvalue weighted by atomic mass is 10.4. The molecule has 0 fully saturated rings. The molecule has 1 rings (SSSR count). The summed E-state index contributed by atoms with van der Waals surface area (Å²) >= 11 is 0. The minimum atomic E-state index is -4.47. The predicted molar refractivity (Wildman–Crippen MR) is 41.8 cm³/mol. The highest BCUT2D eigenvalue weighted by Crippen LogP contribution is 2.12. The van der Waals surface area contributed by atoms with Crippen molar-refractivity contribution < 1.29 is 16.7 Å². The Kier molecular flexibility index (Phi) is 2.52. The maximum Gasteiger partial charge on any atom is 0.309 e. The molecule has 3 nitrogen and oxygen atoms in total. The van der Waals surface area contributed by atoms with Gasteiger partial charge in [-0.25, -0.2) is 0 Å². The Labute approximate surface area is 70.4 Å². The molecule has 0 amide bonds. The third-order valence-electron chi connectivity index (χ3n) is 1.38. The van der Waals surface area contributed by atoms with Crippen molar-refractivity contribution in [2.24, 2.45) is 0 Å². The van der Waals surface area contributed by atoms with Crippen molar-refractivity contribution in [2.75, 3.05) is 0 Å². The summed E-state index contributed by atoms with van der Waals surface area (Å²) in [6.07, 6.45) is 0.673. The van der Waals surface area contributed by atoms with E-state index in [1.165, 1.54) is 6.07 Å². The zero-order valence-corrected chi connectivity index (χ0v) is 7.40. The number of furan rings is 1. The molecule has 12 heavy (non-hydrogen) atoms. The van der Waals surface area contributed by atoms with Crippen LogP contribution in [-0.2, 0) is 22.4 Å². The van der Waals surface area contributed by atoms with Crippen LogP contribution in [0.2, 0.25) is 0 Å². The van der Waals surface area contributed by atoms with Crippen molar-refractivity contribution in [1.82, 2.24) is 0 Å². The highest BCUT2D eigenvalue weighted by molar-refractivity contribution is 7.85. The molecule has 0 saturated carbocycles. The second-order valence-electron chi connectivity index (χ2n) is 2.40. The first-order valence-electron chi connectivity index (χ1n) is 3.51. The molecule has 0 N–H and O–H groups in total. The molecule has 5 heteroatoms. The van der Waals surface area contributed by atoms with Crippen LogP contribution in [0.3, 0.4) is 0 Å². The summed E-state index contributed by atoms with van der Waals surface area (Å²) in [6, 6.07) is 3.11. The molecule has 0 aromatic carbocycles. The van der Waals surface area contributed by atoms with Crippen molar-refractivity contribution in [3.8, 4) is 0 Å². The van der Waals surface area contributed by atoms with Crippen LogP contribution < -0.4 is 0 Å². The SMILES string of the molecule is CCc1ccc(CS(=O)(=O)F)o1. The van der Waals surface area contributed by atoms with Crippen LogP contribution in [0.1, 0.15) is 18.4 Å². The van der Waals surface area contributed by atoms with E-state index in [1.54, 1.807) is 6.07 Å². The van der Waals surface area contributed by atoms with Crippen molar-refractivity contribution in [3.63, 3.8) is 0 Å². The van der Waals surface area contributed by atoms with Crippen LogP contribution in [0.5, 0.6) is 0 Å². The maximum atomic E-state index is 12.1. The van der Waals surface area contributed by atoms with Crippen molar-refractivity contribution in [3.05, 3.63) is 23.7 Å². The van der Waals surface area contributed by atoms with Gasteiger partial charge in [-0.3, -0.25) is 0 Å². The van der Waals surface area contributed by atoms with E-state index in [-0.39, 0.29) is 5.76 Å². The molecule has 0 spiro atoms. The fraction of sp³-hybridized carbons (Fsp3) is 0.429. The third kappa shape index (κ3) is 2.65. The molecular formula is C7H9FO3S. The van der Waals surface area contributed by atoms with E-state index in [0.717, 1.165) is 0 Å². The van der Waals surface area contributed by atoms with Crippen LogP contribution in [0.4, 0.5) is 3.89 Å². The number of hydrogen-bond acceptors (Lipinski definition) is 3. The Morgan fingerprint density at radius 2 is 2.00 bits per heavy atom. The first-order chi connectivity index (χ1) is 5.51. The van der Waals surface area contributed by atoms with Gasteiger partial charge in [-0.2, -0.15) is 8.42 Å². The van der Waals surface area contributed by atoms with E-state index < -0.39 is 16.0 Å². The molecular weight excluding hydrogens is 183 g/mol. The number of aryl methyl sites for hydroxylation is 1. The number of hydrogen-bond donors (Lipinski definition) is 0. The summed E-state index contributed by atoms with van der Waals surface area (Å²) in [5, 5.41) is 0. The second-order valence-corrected chi connectivity index (χ2v) is 3.77. The monoisotopic (exact) mass is 192 g/mol. The highest BCUT2D eigenvalue weighted by Gasteiger charge is 2.11. The molecule has 1 aromatic heterocycles. The highest BCUT2D eigenvalue weighted by atomic mass is 32.3. The van der Waals surface area contributed by atoms with Crippen LogP contribution in [-0.4, -0.2) is 8.42 Å². The molecule has 0 saturated heterocycles. The lowest BCUT2D eigenvalue weighted by molar-refractivity contribution is 0.475. The second kappa shape index (κ2) is 3.26. The normalized spacial score (nSPS) is 11.8. The minimum Gasteiger partial charge on any atom is -0.465 e. The summed E-state index contributed by atoms with van der Waals surface area (Å²) in [5.74, 6) is 0.135. The van der Waals surface area contributed by atoms with E-state index in [2.05, 4.69) is 0 Å². The Morgan fingerprint density at radius 1 is 1.42 bits per heavy atom. The van der Waals surface area contributed by atoms with Gasteiger partial charge in [0.2, 0.25) is 0 Å². The average Bonchev–Trinajstić information content (AvgIpc) is 2.32. The van der Waals surface area contributed by atoms with E-state index in [4.69, 9.17) is 4.42 Å². The molecule has 0 aliphatic rings. The summed E-state index contributed by atoms with van der Waals surface area (Å²) in [5.41, 5.74) is 0. The summed E-state index contributed by atoms with van der Waals surface area (Å²) in [7, 11) is -4.47. The Balaban J connectivity index is 2.78. The third-order valence-corrected chi connectivity index (χ3v) is 2.01. The molecule has 0 unspecified atom stereocenters. The number of rotatable bonds is 3. The molecule has 0 aliphatic carbocycles. The molecule has 0 aliphatic heterocycles. The van der Waals surface area contributed by atoms with Gasteiger partial charge in [-0.15, -0.1) is 3.89 Å². The van der Waals surface area contributed by atoms with Gasteiger partial charge in [-0.1, -0.05) is 6.92 Å². The fourth-order valence-electron chi connectivity index (χ4n) is 0.860. The van der Waals surface area contributed by atoms with Gasteiger partial charge in [0.1, 0.15) is 17.3 Å². The molecule has 1 aromatic rings. The molecule has 0 bridgehead atoms. The Hall–Kier alpha value is -0.840. The van der Waals surface area contributed by atoms with Gasteiger partial charge >= 0.3 is 10.2 Å². The van der Waals surface area contributed by atoms with Gasteiger partial charge in [0, 0.05) is 6.42 Å². The molecule has 0 radical (unpaired) electrons.